The Hall–Kier alpha value is -0.970. The maximum absolute atomic E-state index is 8.76. The minimum absolute atomic E-state index is 0.0594. The van der Waals surface area contributed by atoms with Crippen molar-refractivity contribution in [2.75, 3.05) is 20.3 Å². The molecule has 0 heterocycles. The van der Waals surface area contributed by atoms with Crippen molar-refractivity contribution >= 4 is 11.6 Å². The lowest BCUT2D eigenvalue weighted by Crippen LogP contribution is -2.21. The Balaban J connectivity index is 2.88. The first-order valence-corrected chi connectivity index (χ1v) is 6.29. The van der Waals surface area contributed by atoms with Crippen molar-refractivity contribution in [1.29, 1.82) is 0 Å². The van der Waals surface area contributed by atoms with Crippen molar-refractivity contribution in [2.45, 2.75) is 26.4 Å². The fourth-order valence-corrected chi connectivity index (χ4v) is 1.77. The Morgan fingerprint density at radius 1 is 1.39 bits per heavy atom. The van der Waals surface area contributed by atoms with E-state index in [9.17, 15) is 0 Å². The Labute approximate surface area is 113 Å². The normalized spacial score (nSPS) is 10.8. The number of hydrogen-bond acceptors (Lipinski definition) is 4. The summed E-state index contributed by atoms with van der Waals surface area (Å²) in [6.45, 7) is 5.01. The molecule has 0 atom stereocenters. The van der Waals surface area contributed by atoms with Gasteiger partial charge in [0, 0.05) is 12.6 Å². The molecule has 2 N–H and O–H groups in total. The molecule has 0 saturated carbocycles. The van der Waals surface area contributed by atoms with Gasteiger partial charge in [0.05, 0.1) is 18.7 Å². The van der Waals surface area contributed by atoms with Crippen LogP contribution in [0.5, 0.6) is 11.5 Å². The van der Waals surface area contributed by atoms with E-state index in [1.165, 1.54) is 0 Å². The number of ether oxygens (including phenoxy) is 2. The largest absolute Gasteiger partial charge is 0.493 e. The molecule has 0 aliphatic rings. The van der Waals surface area contributed by atoms with Gasteiger partial charge in [-0.25, -0.2) is 0 Å². The average molecular weight is 274 g/mol. The predicted octanol–water partition coefficient (Wildman–Crippen LogP) is 2.22. The van der Waals surface area contributed by atoms with Crippen LogP contribution in [0.2, 0.25) is 5.02 Å². The van der Waals surface area contributed by atoms with Crippen molar-refractivity contribution in [1.82, 2.24) is 5.32 Å². The fraction of sp³-hybridized carbons (Fsp3) is 0.538. The number of aliphatic hydroxyl groups excluding tert-OH is 1. The van der Waals surface area contributed by atoms with Gasteiger partial charge in [0.2, 0.25) is 0 Å². The van der Waals surface area contributed by atoms with Crippen LogP contribution in [0.3, 0.4) is 0 Å². The maximum atomic E-state index is 8.76. The van der Waals surface area contributed by atoms with E-state index in [-0.39, 0.29) is 13.2 Å². The van der Waals surface area contributed by atoms with E-state index in [4.69, 9.17) is 26.2 Å². The van der Waals surface area contributed by atoms with Crippen LogP contribution in [0.15, 0.2) is 12.1 Å². The highest BCUT2D eigenvalue weighted by Gasteiger charge is 2.12. The van der Waals surface area contributed by atoms with Gasteiger partial charge in [0.25, 0.3) is 0 Å². The number of rotatable bonds is 7. The minimum Gasteiger partial charge on any atom is -0.493 e. The van der Waals surface area contributed by atoms with E-state index in [1.807, 2.05) is 12.1 Å². The molecule has 0 fully saturated rings. The van der Waals surface area contributed by atoms with Crippen molar-refractivity contribution in [3.63, 3.8) is 0 Å². The van der Waals surface area contributed by atoms with E-state index in [0.717, 1.165) is 5.56 Å². The molecule has 0 unspecified atom stereocenters. The van der Waals surface area contributed by atoms with Crippen molar-refractivity contribution in [3.8, 4) is 11.5 Å². The molecule has 18 heavy (non-hydrogen) atoms. The summed E-state index contributed by atoms with van der Waals surface area (Å²) in [6.07, 6.45) is 0. The number of nitrogens with one attached hydrogen (secondary N) is 1. The van der Waals surface area contributed by atoms with Gasteiger partial charge in [0.1, 0.15) is 6.61 Å². The summed E-state index contributed by atoms with van der Waals surface area (Å²) < 4.78 is 10.6. The molecule has 4 nitrogen and oxygen atoms in total. The summed E-state index contributed by atoms with van der Waals surface area (Å²) in [4.78, 5) is 0. The second-order valence-corrected chi connectivity index (χ2v) is 4.62. The van der Waals surface area contributed by atoms with Gasteiger partial charge in [-0.15, -0.1) is 0 Å². The van der Waals surface area contributed by atoms with Gasteiger partial charge in [-0.05, 0) is 17.7 Å². The summed E-state index contributed by atoms with van der Waals surface area (Å²) in [5.74, 6) is 1.05. The first-order valence-electron chi connectivity index (χ1n) is 5.92. The molecule has 5 heteroatoms. The van der Waals surface area contributed by atoms with E-state index in [0.29, 0.717) is 29.1 Å². The first-order chi connectivity index (χ1) is 8.58. The van der Waals surface area contributed by atoms with Crippen LogP contribution in [0, 0.1) is 0 Å². The van der Waals surface area contributed by atoms with Crippen molar-refractivity contribution in [2.24, 2.45) is 0 Å². The van der Waals surface area contributed by atoms with Crippen LogP contribution in [-0.4, -0.2) is 31.5 Å². The summed E-state index contributed by atoms with van der Waals surface area (Å²) in [6, 6.07) is 4.13. The van der Waals surface area contributed by atoms with Gasteiger partial charge >= 0.3 is 0 Å². The summed E-state index contributed by atoms with van der Waals surface area (Å²) in [5.41, 5.74) is 1.03. The first kappa shape index (κ1) is 15.1. The van der Waals surface area contributed by atoms with Crippen LogP contribution < -0.4 is 14.8 Å². The fourth-order valence-electron chi connectivity index (χ4n) is 1.49. The SMILES string of the molecule is COc1cc(CNC(C)C)cc(Cl)c1OCCO. The molecule has 0 aliphatic carbocycles. The second-order valence-electron chi connectivity index (χ2n) is 4.22. The van der Waals surface area contributed by atoms with Gasteiger partial charge < -0.3 is 19.9 Å². The van der Waals surface area contributed by atoms with E-state index >= 15 is 0 Å². The van der Waals surface area contributed by atoms with Crippen molar-refractivity contribution in [3.05, 3.63) is 22.7 Å². The Kier molecular flexibility index (Phi) is 6.25. The topological polar surface area (TPSA) is 50.7 Å². The Morgan fingerprint density at radius 3 is 2.67 bits per heavy atom. The number of aliphatic hydroxyl groups is 1. The average Bonchev–Trinajstić information content (AvgIpc) is 2.34. The van der Waals surface area contributed by atoms with E-state index in [2.05, 4.69) is 19.2 Å². The molecule has 1 rings (SSSR count). The lowest BCUT2D eigenvalue weighted by Gasteiger charge is -2.14. The third kappa shape index (κ3) is 4.37. The Bertz CT molecular complexity index is 383. The monoisotopic (exact) mass is 273 g/mol. The van der Waals surface area contributed by atoms with E-state index < -0.39 is 0 Å². The molecule has 0 aromatic heterocycles. The van der Waals surface area contributed by atoms with E-state index in [1.54, 1.807) is 7.11 Å². The molecule has 0 aliphatic heterocycles. The molecule has 0 spiro atoms. The van der Waals surface area contributed by atoms with Gasteiger partial charge in [-0.2, -0.15) is 0 Å². The van der Waals surface area contributed by atoms with Crippen LogP contribution in [0.4, 0.5) is 0 Å². The highest BCUT2D eigenvalue weighted by molar-refractivity contribution is 6.32. The van der Waals surface area contributed by atoms with Crippen LogP contribution in [0.1, 0.15) is 19.4 Å². The highest BCUT2D eigenvalue weighted by atomic mass is 35.5. The zero-order valence-electron chi connectivity index (χ0n) is 11.0. The molecule has 102 valence electrons. The Morgan fingerprint density at radius 2 is 2.11 bits per heavy atom. The molecule has 0 saturated heterocycles. The third-order valence-corrected chi connectivity index (χ3v) is 2.62. The molecule has 1 aromatic rings. The zero-order chi connectivity index (χ0) is 13.5. The second kappa shape index (κ2) is 7.46. The summed E-state index contributed by atoms with van der Waals surface area (Å²) >= 11 is 6.15. The lowest BCUT2D eigenvalue weighted by atomic mass is 10.2. The molecule has 1 aromatic carbocycles. The van der Waals surface area contributed by atoms with Crippen LogP contribution in [-0.2, 0) is 6.54 Å². The quantitative estimate of drug-likeness (QED) is 0.800. The van der Waals surface area contributed by atoms with Crippen LogP contribution >= 0.6 is 11.6 Å². The third-order valence-electron chi connectivity index (χ3n) is 2.34. The molecule has 0 bridgehead atoms. The minimum atomic E-state index is -0.0594. The molecular weight excluding hydrogens is 254 g/mol. The highest BCUT2D eigenvalue weighted by Crippen LogP contribution is 2.36. The zero-order valence-corrected chi connectivity index (χ0v) is 11.8. The molecular formula is C13H20ClNO3. The maximum Gasteiger partial charge on any atom is 0.179 e. The summed E-state index contributed by atoms with van der Waals surface area (Å²) in [5, 5.41) is 12.6. The van der Waals surface area contributed by atoms with Gasteiger partial charge in [0.15, 0.2) is 11.5 Å². The number of benzene rings is 1. The lowest BCUT2D eigenvalue weighted by molar-refractivity contribution is 0.196. The van der Waals surface area contributed by atoms with Gasteiger partial charge in [-0.1, -0.05) is 25.4 Å². The smallest absolute Gasteiger partial charge is 0.179 e. The molecule has 0 radical (unpaired) electrons. The molecule has 0 amide bonds. The number of methoxy groups -OCH3 is 1. The summed E-state index contributed by atoms with van der Waals surface area (Å²) in [7, 11) is 1.57. The number of hydrogen-bond donors (Lipinski definition) is 2. The van der Waals surface area contributed by atoms with Gasteiger partial charge in [-0.3, -0.25) is 0 Å². The standard InChI is InChI=1S/C13H20ClNO3/c1-9(2)15-8-10-6-11(14)13(18-5-4-16)12(7-10)17-3/h6-7,9,15-16H,4-5,8H2,1-3H3. The van der Waals surface area contributed by atoms with Crippen LogP contribution in [0.25, 0.3) is 0 Å². The predicted molar refractivity (Wildman–Crippen MR) is 72.6 cm³/mol. The van der Waals surface area contributed by atoms with Crippen molar-refractivity contribution < 1.29 is 14.6 Å². The number of halogens is 1.